The van der Waals surface area contributed by atoms with Crippen LogP contribution in [0.4, 0.5) is 0 Å². The van der Waals surface area contributed by atoms with Crippen molar-refractivity contribution in [1.29, 1.82) is 0 Å². The first-order valence-electron chi connectivity index (χ1n) is 10.8. The second-order valence-electron chi connectivity index (χ2n) is 8.26. The van der Waals surface area contributed by atoms with Gasteiger partial charge < -0.3 is 4.42 Å². The first-order valence-corrected chi connectivity index (χ1v) is 10.8. The summed E-state index contributed by atoms with van der Waals surface area (Å²) < 4.78 is 6.19. The maximum Gasteiger partial charge on any atom is 0.153 e. The van der Waals surface area contributed by atoms with E-state index < -0.39 is 0 Å². The minimum atomic E-state index is 0.813. The number of aryl methyl sites for hydroxylation is 1. The molecule has 4 aromatic carbocycles. The fraction of sp³-hybridized carbons (Fsp3) is 0.0345. The van der Waals surface area contributed by atoms with Gasteiger partial charge in [-0.25, -0.2) is 4.98 Å². The maximum atomic E-state index is 6.19. The third-order valence-electron chi connectivity index (χ3n) is 6.38. The molecule has 7 rings (SSSR count). The molecule has 0 atom stereocenters. The van der Waals surface area contributed by atoms with Crippen LogP contribution in [0.25, 0.3) is 65.6 Å². The number of benzene rings is 4. The van der Waals surface area contributed by atoms with Crippen LogP contribution in [0.5, 0.6) is 0 Å². The molecule has 0 saturated heterocycles. The Morgan fingerprint density at radius 3 is 2.19 bits per heavy atom. The Bertz CT molecular complexity index is 1800. The van der Waals surface area contributed by atoms with Crippen molar-refractivity contribution < 1.29 is 4.42 Å². The summed E-state index contributed by atoms with van der Waals surface area (Å²) in [5.41, 5.74) is 6.95. The molecule has 32 heavy (non-hydrogen) atoms. The molecule has 0 amide bonds. The minimum Gasteiger partial charge on any atom is -0.454 e. The highest BCUT2D eigenvalue weighted by molar-refractivity contribution is 6.34. The van der Waals surface area contributed by atoms with Crippen molar-refractivity contribution in [2.24, 2.45) is 0 Å². The van der Waals surface area contributed by atoms with Gasteiger partial charge in [-0.2, -0.15) is 0 Å². The zero-order valence-corrected chi connectivity index (χ0v) is 17.5. The Labute approximate surface area is 183 Å². The van der Waals surface area contributed by atoms with Crippen LogP contribution in [-0.2, 0) is 0 Å². The number of hydrogen-bond donors (Lipinski definition) is 0. The third-order valence-corrected chi connectivity index (χ3v) is 6.38. The first kappa shape index (κ1) is 17.4. The quantitative estimate of drug-likeness (QED) is 0.259. The molecule has 0 fully saturated rings. The van der Waals surface area contributed by atoms with Crippen LogP contribution in [0.3, 0.4) is 0 Å². The van der Waals surface area contributed by atoms with E-state index in [4.69, 9.17) is 14.4 Å². The van der Waals surface area contributed by atoms with E-state index in [1.165, 1.54) is 27.3 Å². The second kappa shape index (κ2) is 6.38. The van der Waals surface area contributed by atoms with E-state index in [9.17, 15) is 0 Å². The van der Waals surface area contributed by atoms with Crippen LogP contribution < -0.4 is 0 Å². The molecule has 0 N–H and O–H groups in total. The molecule has 0 bridgehead atoms. The number of pyridine rings is 2. The van der Waals surface area contributed by atoms with Gasteiger partial charge >= 0.3 is 0 Å². The number of hydrogen-bond acceptors (Lipinski definition) is 3. The van der Waals surface area contributed by atoms with Gasteiger partial charge in [-0.3, -0.25) is 4.98 Å². The van der Waals surface area contributed by atoms with Gasteiger partial charge in [0, 0.05) is 28.0 Å². The standard InChI is InChI=1S/C29H18N2O/c1-17-11-13-24-29(31-17)27-23(32-24)14-12-22-25(27)20-9-5-6-10-21(20)26-19(15-16-30-28(22)26)18-7-3-2-4-8-18/h2-16H,1H3. The summed E-state index contributed by atoms with van der Waals surface area (Å²) in [4.78, 5) is 9.74. The summed E-state index contributed by atoms with van der Waals surface area (Å²) in [5, 5.41) is 6.90. The average molecular weight is 410 g/mol. The maximum absolute atomic E-state index is 6.19. The van der Waals surface area contributed by atoms with Gasteiger partial charge in [0.1, 0.15) is 11.1 Å². The predicted molar refractivity (Wildman–Crippen MR) is 132 cm³/mol. The van der Waals surface area contributed by atoms with Crippen molar-refractivity contribution >= 4 is 54.5 Å². The Balaban J connectivity index is 1.78. The minimum absolute atomic E-state index is 0.813. The smallest absolute Gasteiger partial charge is 0.153 e. The third kappa shape index (κ3) is 2.31. The molecular weight excluding hydrogens is 392 g/mol. The van der Waals surface area contributed by atoms with Crippen molar-refractivity contribution in [2.75, 3.05) is 0 Å². The van der Waals surface area contributed by atoms with Crippen LogP contribution in [0.15, 0.2) is 95.5 Å². The molecule has 0 aliphatic rings. The van der Waals surface area contributed by atoms with Crippen LogP contribution in [0.1, 0.15) is 5.69 Å². The van der Waals surface area contributed by atoms with E-state index in [2.05, 4.69) is 72.8 Å². The Kier molecular flexibility index (Phi) is 3.48. The second-order valence-corrected chi connectivity index (χ2v) is 8.26. The van der Waals surface area contributed by atoms with Gasteiger partial charge in [0.2, 0.25) is 0 Å². The predicted octanol–water partition coefficient (Wildman–Crippen LogP) is 7.81. The molecule has 0 radical (unpaired) electrons. The van der Waals surface area contributed by atoms with Crippen molar-refractivity contribution in [1.82, 2.24) is 9.97 Å². The van der Waals surface area contributed by atoms with Gasteiger partial charge in [0.25, 0.3) is 0 Å². The number of furan rings is 1. The SMILES string of the molecule is Cc1ccc2oc3ccc4c5nccc(-c6ccccc6)c5c5ccccc5c4c3c2n1. The van der Waals surface area contributed by atoms with Gasteiger partial charge in [-0.1, -0.05) is 54.6 Å². The van der Waals surface area contributed by atoms with Gasteiger partial charge in [0.15, 0.2) is 5.58 Å². The lowest BCUT2D eigenvalue weighted by Crippen LogP contribution is -1.90. The topological polar surface area (TPSA) is 38.9 Å². The molecule has 7 aromatic rings. The van der Waals surface area contributed by atoms with E-state index in [0.29, 0.717) is 0 Å². The molecule has 0 spiro atoms. The lowest BCUT2D eigenvalue weighted by atomic mass is 9.91. The molecule has 3 aromatic heterocycles. The lowest BCUT2D eigenvalue weighted by Gasteiger charge is -2.14. The summed E-state index contributed by atoms with van der Waals surface area (Å²) in [6, 6.07) is 29.5. The Hall–Kier alpha value is -4.24. The molecule has 0 unspecified atom stereocenters. The first-order chi connectivity index (χ1) is 15.8. The molecule has 0 aliphatic carbocycles. The number of aromatic nitrogens is 2. The molecule has 3 heteroatoms. The molecule has 0 aliphatic heterocycles. The van der Waals surface area contributed by atoms with E-state index >= 15 is 0 Å². The van der Waals surface area contributed by atoms with Gasteiger partial charge in [0.05, 0.1) is 10.9 Å². The molecule has 0 saturated carbocycles. The summed E-state index contributed by atoms with van der Waals surface area (Å²) in [7, 11) is 0. The van der Waals surface area contributed by atoms with E-state index in [0.717, 1.165) is 44.1 Å². The van der Waals surface area contributed by atoms with Crippen molar-refractivity contribution in [3.8, 4) is 11.1 Å². The summed E-state index contributed by atoms with van der Waals surface area (Å²) in [6.07, 6.45) is 1.92. The Morgan fingerprint density at radius 2 is 1.34 bits per heavy atom. The highest BCUT2D eigenvalue weighted by Crippen LogP contribution is 2.43. The van der Waals surface area contributed by atoms with Crippen LogP contribution in [0, 0.1) is 6.92 Å². The monoisotopic (exact) mass is 410 g/mol. The number of fused-ring (bicyclic) bond motifs is 10. The summed E-state index contributed by atoms with van der Waals surface area (Å²) in [6.45, 7) is 2.02. The van der Waals surface area contributed by atoms with Crippen molar-refractivity contribution in [3.05, 3.63) is 96.8 Å². The van der Waals surface area contributed by atoms with E-state index in [1.807, 2.05) is 25.3 Å². The highest BCUT2D eigenvalue weighted by Gasteiger charge is 2.19. The van der Waals surface area contributed by atoms with Crippen LogP contribution in [-0.4, -0.2) is 9.97 Å². The molecular formula is C29H18N2O. The average Bonchev–Trinajstić information content (AvgIpc) is 3.22. The number of rotatable bonds is 1. The Morgan fingerprint density at radius 1 is 0.594 bits per heavy atom. The number of nitrogens with zero attached hydrogens (tertiary/aromatic N) is 2. The van der Waals surface area contributed by atoms with Crippen molar-refractivity contribution in [2.45, 2.75) is 6.92 Å². The normalized spacial score (nSPS) is 11.9. The molecule has 3 nitrogen and oxygen atoms in total. The zero-order chi connectivity index (χ0) is 21.2. The fourth-order valence-corrected chi connectivity index (χ4v) is 5.02. The fourth-order valence-electron chi connectivity index (χ4n) is 5.02. The van der Waals surface area contributed by atoms with E-state index in [1.54, 1.807) is 0 Å². The highest BCUT2D eigenvalue weighted by atomic mass is 16.3. The summed E-state index contributed by atoms with van der Waals surface area (Å²) >= 11 is 0. The lowest BCUT2D eigenvalue weighted by molar-refractivity contribution is 0.668. The zero-order valence-electron chi connectivity index (χ0n) is 17.5. The summed E-state index contributed by atoms with van der Waals surface area (Å²) in [5.74, 6) is 0. The van der Waals surface area contributed by atoms with Crippen molar-refractivity contribution in [3.63, 3.8) is 0 Å². The van der Waals surface area contributed by atoms with E-state index in [-0.39, 0.29) is 0 Å². The molecule has 3 heterocycles. The van der Waals surface area contributed by atoms with Gasteiger partial charge in [-0.15, -0.1) is 0 Å². The van der Waals surface area contributed by atoms with Gasteiger partial charge in [-0.05, 0) is 59.2 Å². The largest absolute Gasteiger partial charge is 0.454 e. The van der Waals surface area contributed by atoms with Crippen LogP contribution >= 0.6 is 0 Å². The van der Waals surface area contributed by atoms with Crippen LogP contribution in [0.2, 0.25) is 0 Å². The molecule has 150 valence electrons.